The predicted octanol–water partition coefficient (Wildman–Crippen LogP) is 4.23. The summed E-state index contributed by atoms with van der Waals surface area (Å²) in [6.45, 7) is 4.10. The van der Waals surface area contributed by atoms with Crippen molar-refractivity contribution in [3.05, 3.63) is 53.2 Å². The number of aromatic nitrogens is 1. The van der Waals surface area contributed by atoms with Crippen LogP contribution in [0.15, 0.2) is 36.5 Å². The van der Waals surface area contributed by atoms with E-state index in [4.69, 9.17) is 16.3 Å². The zero-order valence-electron chi connectivity index (χ0n) is 9.90. The maximum atomic E-state index is 5.74. The van der Waals surface area contributed by atoms with E-state index in [0.29, 0.717) is 11.8 Å². The van der Waals surface area contributed by atoms with Gasteiger partial charge < -0.3 is 4.74 Å². The summed E-state index contributed by atoms with van der Waals surface area (Å²) in [5, 5.41) is 0. The van der Waals surface area contributed by atoms with Crippen LogP contribution < -0.4 is 4.74 Å². The number of pyridine rings is 1. The topological polar surface area (TPSA) is 22.1 Å². The maximum absolute atomic E-state index is 5.74. The molecule has 3 heteroatoms. The normalized spacial score (nSPS) is 10.3. The second-order valence-corrected chi connectivity index (χ2v) is 4.21. The van der Waals surface area contributed by atoms with Gasteiger partial charge in [0.1, 0.15) is 5.75 Å². The number of ether oxygens (including phenoxy) is 1. The molecule has 0 saturated carbocycles. The van der Waals surface area contributed by atoms with Crippen LogP contribution in [0.1, 0.15) is 16.7 Å². The molecule has 0 spiro atoms. The lowest BCUT2D eigenvalue weighted by atomic mass is 10.1. The summed E-state index contributed by atoms with van der Waals surface area (Å²) >= 11 is 5.70. The summed E-state index contributed by atoms with van der Waals surface area (Å²) in [5.41, 5.74) is 3.33. The molecule has 2 rings (SSSR count). The molecule has 0 bridgehead atoms. The Balaban J connectivity index is 2.22. The summed E-state index contributed by atoms with van der Waals surface area (Å²) < 4.78 is 5.74. The van der Waals surface area contributed by atoms with Crippen molar-refractivity contribution in [1.82, 2.24) is 4.98 Å². The average molecular weight is 248 g/mol. The lowest BCUT2D eigenvalue weighted by molar-refractivity contribution is 0.459. The van der Waals surface area contributed by atoms with Crippen LogP contribution in [0.5, 0.6) is 11.6 Å². The van der Waals surface area contributed by atoms with Crippen molar-refractivity contribution in [3.63, 3.8) is 0 Å². The van der Waals surface area contributed by atoms with Gasteiger partial charge in [-0.3, -0.25) is 0 Å². The van der Waals surface area contributed by atoms with Crippen molar-refractivity contribution < 1.29 is 4.74 Å². The first-order chi connectivity index (χ1) is 8.20. The van der Waals surface area contributed by atoms with Gasteiger partial charge in [-0.15, -0.1) is 11.6 Å². The second kappa shape index (κ2) is 5.19. The number of alkyl halides is 1. The molecule has 0 unspecified atom stereocenters. The van der Waals surface area contributed by atoms with Crippen molar-refractivity contribution >= 4 is 11.6 Å². The molecule has 17 heavy (non-hydrogen) atoms. The molecule has 1 aromatic carbocycles. The Bertz CT molecular complexity index is 508. The molecular weight excluding hydrogens is 234 g/mol. The maximum Gasteiger partial charge on any atom is 0.219 e. The molecule has 0 radical (unpaired) electrons. The number of hydrogen-bond acceptors (Lipinski definition) is 2. The van der Waals surface area contributed by atoms with Crippen LogP contribution in [-0.2, 0) is 5.88 Å². The number of hydrogen-bond donors (Lipinski definition) is 0. The predicted molar refractivity (Wildman–Crippen MR) is 69.8 cm³/mol. The summed E-state index contributed by atoms with van der Waals surface area (Å²) in [5.74, 6) is 1.90. The highest BCUT2D eigenvalue weighted by Gasteiger charge is 2.04. The van der Waals surface area contributed by atoms with Crippen molar-refractivity contribution in [2.24, 2.45) is 0 Å². The van der Waals surface area contributed by atoms with Crippen LogP contribution in [0.4, 0.5) is 0 Å². The molecule has 0 fully saturated rings. The van der Waals surface area contributed by atoms with E-state index in [0.717, 1.165) is 16.9 Å². The first-order valence-corrected chi connectivity index (χ1v) is 5.99. The smallest absolute Gasteiger partial charge is 0.219 e. The van der Waals surface area contributed by atoms with Crippen molar-refractivity contribution in [3.8, 4) is 11.6 Å². The SMILES string of the molecule is Cc1cccc(Oc2ccc(CCl)cn2)c1C. The molecule has 0 aliphatic heterocycles. The van der Waals surface area contributed by atoms with E-state index in [1.54, 1.807) is 6.20 Å². The van der Waals surface area contributed by atoms with Crippen LogP contribution >= 0.6 is 11.6 Å². The van der Waals surface area contributed by atoms with E-state index in [-0.39, 0.29) is 0 Å². The third kappa shape index (κ3) is 2.77. The number of halogens is 1. The summed E-state index contributed by atoms with van der Waals surface area (Å²) in [6, 6.07) is 9.73. The fourth-order valence-electron chi connectivity index (χ4n) is 1.50. The zero-order valence-corrected chi connectivity index (χ0v) is 10.7. The summed E-state index contributed by atoms with van der Waals surface area (Å²) in [4.78, 5) is 4.21. The molecular formula is C14H14ClNO. The van der Waals surface area contributed by atoms with Gasteiger partial charge in [0, 0.05) is 18.1 Å². The fourth-order valence-corrected chi connectivity index (χ4v) is 1.66. The molecule has 0 aliphatic rings. The van der Waals surface area contributed by atoms with Gasteiger partial charge in [0.05, 0.1) is 0 Å². The third-order valence-electron chi connectivity index (χ3n) is 2.72. The van der Waals surface area contributed by atoms with Gasteiger partial charge >= 0.3 is 0 Å². The van der Waals surface area contributed by atoms with Gasteiger partial charge in [-0.05, 0) is 36.6 Å². The zero-order chi connectivity index (χ0) is 12.3. The Morgan fingerprint density at radius 2 is 2.00 bits per heavy atom. The van der Waals surface area contributed by atoms with E-state index in [9.17, 15) is 0 Å². The van der Waals surface area contributed by atoms with Gasteiger partial charge in [-0.2, -0.15) is 0 Å². The molecule has 1 aromatic heterocycles. The number of aryl methyl sites for hydroxylation is 1. The van der Waals surface area contributed by atoms with Crippen LogP contribution in [0.3, 0.4) is 0 Å². The van der Waals surface area contributed by atoms with Crippen LogP contribution in [0, 0.1) is 13.8 Å². The molecule has 0 aliphatic carbocycles. The first kappa shape index (κ1) is 11.9. The Morgan fingerprint density at radius 1 is 1.18 bits per heavy atom. The minimum atomic E-state index is 0.469. The Hall–Kier alpha value is -1.54. The molecule has 0 amide bonds. The highest BCUT2D eigenvalue weighted by molar-refractivity contribution is 6.17. The summed E-state index contributed by atoms with van der Waals surface area (Å²) in [7, 11) is 0. The average Bonchev–Trinajstić information content (AvgIpc) is 2.36. The number of rotatable bonds is 3. The number of nitrogens with zero attached hydrogens (tertiary/aromatic N) is 1. The van der Waals surface area contributed by atoms with Crippen LogP contribution in [0.2, 0.25) is 0 Å². The Labute approximate surface area is 106 Å². The van der Waals surface area contributed by atoms with Gasteiger partial charge in [0.25, 0.3) is 0 Å². The molecule has 0 N–H and O–H groups in total. The van der Waals surface area contributed by atoms with E-state index in [2.05, 4.69) is 18.0 Å². The monoisotopic (exact) mass is 247 g/mol. The van der Waals surface area contributed by atoms with Crippen molar-refractivity contribution in [2.45, 2.75) is 19.7 Å². The van der Waals surface area contributed by atoms with Gasteiger partial charge in [0.2, 0.25) is 5.88 Å². The first-order valence-electron chi connectivity index (χ1n) is 5.45. The molecule has 1 heterocycles. The Morgan fingerprint density at radius 3 is 2.65 bits per heavy atom. The van der Waals surface area contributed by atoms with E-state index in [1.165, 1.54) is 5.56 Å². The minimum Gasteiger partial charge on any atom is -0.439 e. The second-order valence-electron chi connectivity index (χ2n) is 3.94. The standard InChI is InChI=1S/C14H14ClNO/c1-10-4-3-5-13(11(10)2)17-14-7-6-12(8-15)9-16-14/h3-7,9H,8H2,1-2H3. The quantitative estimate of drug-likeness (QED) is 0.758. The van der Waals surface area contributed by atoms with E-state index in [1.807, 2.05) is 31.2 Å². The van der Waals surface area contributed by atoms with E-state index < -0.39 is 0 Å². The van der Waals surface area contributed by atoms with Crippen LogP contribution in [-0.4, -0.2) is 4.98 Å². The largest absolute Gasteiger partial charge is 0.439 e. The Kier molecular flexibility index (Phi) is 3.64. The molecule has 88 valence electrons. The molecule has 0 saturated heterocycles. The minimum absolute atomic E-state index is 0.469. The highest BCUT2D eigenvalue weighted by Crippen LogP contribution is 2.25. The lowest BCUT2D eigenvalue weighted by Gasteiger charge is -2.09. The number of benzene rings is 1. The third-order valence-corrected chi connectivity index (χ3v) is 3.03. The van der Waals surface area contributed by atoms with E-state index >= 15 is 0 Å². The van der Waals surface area contributed by atoms with Crippen molar-refractivity contribution in [1.29, 1.82) is 0 Å². The van der Waals surface area contributed by atoms with Gasteiger partial charge in [0.15, 0.2) is 0 Å². The highest BCUT2D eigenvalue weighted by atomic mass is 35.5. The van der Waals surface area contributed by atoms with Gasteiger partial charge in [-0.25, -0.2) is 4.98 Å². The molecule has 2 aromatic rings. The van der Waals surface area contributed by atoms with Gasteiger partial charge in [-0.1, -0.05) is 18.2 Å². The fraction of sp³-hybridized carbons (Fsp3) is 0.214. The van der Waals surface area contributed by atoms with Crippen LogP contribution in [0.25, 0.3) is 0 Å². The molecule has 2 nitrogen and oxygen atoms in total. The lowest BCUT2D eigenvalue weighted by Crippen LogP contribution is -1.92. The van der Waals surface area contributed by atoms with Crippen molar-refractivity contribution in [2.75, 3.05) is 0 Å². The summed E-state index contributed by atoms with van der Waals surface area (Å²) in [6.07, 6.45) is 1.73. The molecule has 0 atom stereocenters.